The summed E-state index contributed by atoms with van der Waals surface area (Å²) in [5, 5.41) is 22.6. The molecule has 0 spiro atoms. The van der Waals surface area contributed by atoms with E-state index in [2.05, 4.69) is 15.5 Å². The summed E-state index contributed by atoms with van der Waals surface area (Å²) in [5.74, 6) is 0.0846. The highest BCUT2D eigenvalue weighted by molar-refractivity contribution is 7.99. The molecule has 0 fully saturated rings. The minimum atomic E-state index is -0.449. The van der Waals surface area contributed by atoms with E-state index in [1.54, 1.807) is 24.3 Å². The Balaban J connectivity index is 1.61. The Morgan fingerprint density at radius 1 is 1.11 bits per heavy atom. The number of nitro groups is 1. The van der Waals surface area contributed by atoms with E-state index in [1.807, 2.05) is 32.0 Å². The summed E-state index contributed by atoms with van der Waals surface area (Å²) in [5.41, 5.74) is 4.04. The average molecular weight is 394 g/mol. The zero-order chi connectivity index (χ0) is 20.1. The lowest BCUT2D eigenvalue weighted by molar-refractivity contribution is -0.384. The summed E-state index contributed by atoms with van der Waals surface area (Å²) < 4.78 is 0. The Hall–Kier alpha value is -3.26. The molecule has 8 heteroatoms. The number of non-ortho nitro benzene ring substituents is 1. The molecule has 0 aliphatic rings. The SMILES string of the molecule is Cc1ccc(C)c(NC(=O)CSc2ccc(-c3cccc([N+](=O)[O-])c3)nn2)c1. The number of nitro benzene ring substituents is 1. The Morgan fingerprint density at radius 3 is 2.64 bits per heavy atom. The lowest BCUT2D eigenvalue weighted by Gasteiger charge is -2.09. The van der Waals surface area contributed by atoms with Crippen molar-refractivity contribution < 1.29 is 9.72 Å². The fraction of sp³-hybridized carbons (Fsp3) is 0.150. The monoisotopic (exact) mass is 394 g/mol. The molecule has 28 heavy (non-hydrogen) atoms. The number of hydrogen-bond donors (Lipinski definition) is 1. The van der Waals surface area contributed by atoms with Gasteiger partial charge in [-0.1, -0.05) is 36.0 Å². The highest BCUT2D eigenvalue weighted by atomic mass is 32.2. The third kappa shape index (κ3) is 4.92. The predicted octanol–water partition coefficient (Wildman–Crippen LogP) is 4.40. The molecule has 3 aromatic rings. The zero-order valence-electron chi connectivity index (χ0n) is 15.4. The first-order valence-electron chi connectivity index (χ1n) is 8.51. The molecule has 0 saturated heterocycles. The van der Waals surface area contributed by atoms with Crippen molar-refractivity contribution in [1.29, 1.82) is 0 Å². The molecule has 0 saturated carbocycles. The lowest BCUT2D eigenvalue weighted by atomic mass is 10.1. The fourth-order valence-corrected chi connectivity index (χ4v) is 3.14. The Bertz CT molecular complexity index is 1020. The fourth-order valence-electron chi connectivity index (χ4n) is 2.53. The summed E-state index contributed by atoms with van der Waals surface area (Å²) in [6.45, 7) is 3.92. The highest BCUT2D eigenvalue weighted by Gasteiger charge is 2.10. The van der Waals surface area contributed by atoms with E-state index in [9.17, 15) is 14.9 Å². The number of benzene rings is 2. The molecule has 0 radical (unpaired) electrons. The molecule has 0 unspecified atom stereocenters. The lowest BCUT2D eigenvalue weighted by Crippen LogP contribution is -2.15. The summed E-state index contributed by atoms with van der Waals surface area (Å²) >= 11 is 1.28. The molecule has 0 aliphatic carbocycles. The van der Waals surface area contributed by atoms with Crippen LogP contribution in [0.3, 0.4) is 0 Å². The molecule has 0 aliphatic heterocycles. The summed E-state index contributed by atoms with van der Waals surface area (Å²) in [6, 6.07) is 15.6. The van der Waals surface area contributed by atoms with Crippen molar-refractivity contribution >= 4 is 29.0 Å². The van der Waals surface area contributed by atoms with Gasteiger partial charge in [-0.25, -0.2) is 0 Å². The van der Waals surface area contributed by atoms with Gasteiger partial charge >= 0.3 is 0 Å². The number of rotatable bonds is 6. The van der Waals surface area contributed by atoms with E-state index in [0.717, 1.165) is 16.8 Å². The number of hydrogen-bond acceptors (Lipinski definition) is 6. The largest absolute Gasteiger partial charge is 0.325 e. The molecule has 2 aromatic carbocycles. The predicted molar refractivity (Wildman–Crippen MR) is 109 cm³/mol. The first-order valence-corrected chi connectivity index (χ1v) is 9.49. The van der Waals surface area contributed by atoms with Crippen molar-refractivity contribution in [3.63, 3.8) is 0 Å². The van der Waals surface area contributed by atoms with Crippen LogP contribution in [0, 0.1) is 24.0 Å². The molecular weight excluding hydrogens is 376 g/mol. The maximum absolute atomic E-state index is 12.2. The summed E-state index contributed by atoms with van der Waals surface area (Å²) in [4.78, 5) is 22.6. The standard InChI is InChI=1S/C20H18N4O3S/c1-13-6-7-14(2)18(10-13)21-19(25)12-28-20-9-8-17(22-23-20)15-4-3-5-16(11-15)24(26)27/h3-11H,12H2,1-2H3,(H,21,25). The maximum atomic E-state index is 12.2. The van der Waals surface area contributed by atoms with E-state index >= 15 is 0 Å². The number of aromatic nitrogens is 2. The molecule has 0 bridgehead atoms. The van der Waals surface area contributed by atoms with Gasteiger partial charge in [0.25, 0.3) is 5.69 Å². The van der Waals surface area contributed by atoms with E-state index in [4.69, 9.17) is 0 Å². The second-order valence-corrected chi connectivity index (χ2v) is 7.22. The van der Waals surface area contributed by atoms with Crippen LogP contribution in [0.25, 0.3) is 11.3 Å². The van der Waals surface area contributed by atoms with Gasteiger partial charge < -0.3 is 5.32 Å². The first-order chi connectivity index (χ1) is 13.4. The smallest absolute Gasteiger partial charge is 0.270 e. The van der Waals surface area contributed by atoms with Crippen LogP contribution >= 0.6 is 11.8 Å². The number of amides is 1. The Morgan fingerprint density at radius 2 is 1.93 bits per heavy atom. The number of anilines is 1. The third-order valence-corrected chi connectivity index (χ3v) is 4.93. The minimum Gasteiger partial charge on any atom is -0.325 e. The number of carbonyl (C=O) groups is 1. The topological polar surface area (TPSA) is 98.0 Å². The molecule has 142 valence electrons. The number of thioether (sulfide) groups is 1. The maximum Gasteiger partial charge on any atom is 0.270 e. The van der Waals surface area contributed by atoms with Gasteiger partial charge in [-0.05, 0) is 43.2 Å². The Labute approximate surface area is 166 Å². The van der Waals surface area contributed by atoms with E-state index in [1.165, 1.54) is 23.9 Å². The summed E-state index contributed by atoms with van der Waals surface area (Å²) in [6.07, 6.45) is 0. The van der Waals surface area contributed by atoms with Crippen LogP contribution < -0.4 is 5.32 Å². The molecular formula is C20H18N4O3S. The van der Waals surface area contributed by atoms with Gasteiger partial charge in [0, 0.05) is 23.4 Å². The van der Waals surface area contributed by atoms with Gasteiger partial charge in [-0.15, -0.1) is 10.2 Å². The number of nitrogens with zero attached hydrogens (tertiary/aromatic N) is 3. The van der Waals surface area contributed by atoms with Gasteiger partial charge in [-0.3, -0.25) is 14.9 Å². The third-order valence-electron chi connectivity index (χ3n) is 4.01. The van der Waals surface area contributed by atoms with Crippen molar-refractivity contribution in [3.8, 4) is 11.3 Å². The van der Waals surface area contributed by atoms with E-state index in [0.29, 0.717) is 16.3 Å². The molecule has 1 aromatic heterocycles. The molecule has 1 heterocycles. The quantitative estimate of drug-likeness (QED) is 0.378. The van der Waals surface area contributed by atoms with Gasteiger partial charge in [0.2, 0.25) is 5.91 Å². The van der Waals surface area contributed by atoms with Crippen LogP contribution in [0.15, 0.2) is 59.6 Å². The van der Waals surface area contributed by atoms with Crippen molar-refractivity contribution in [1.82, 2.24) is 10.2 Å². The van der Waals surface area contributed by atoms with Gasteiger partial charge in [0.05, 0.1) is 16.4 Å². The number of aryl methyl sites for hydroxylation is 2. The van der Waals surface area contributed by atoms with Crippen LogP contribution in [0.2, 0.25) is 0 Å². The average Bonchev–Trinajstić information content (AvgIpc) is 2.69. The molecule has 7 nitrogen and oxygen atoms in total. The van der Waals surface area contributed by atoms with Crippen LogP contribution in [-0.2, 0) is 4.79 Å². The molecule has 1 N–H and O–H groups in total. The highest BCUT2D eigenvalue weighted by Crippen LogP contribution is 2.24. The second-order valence-electron chi connectivity index (χ2n) is 6.22. The van der Waals surface area contributed by atoms with Crippen molar-refractivity contribution in [2.75, 3.05) is 11.1 Å². The van der Waals surface area contributed by atoms with Crippen LogP contribution in [0.1, 0.15) is 11.1 Å². The van der Waals surface area contributed by atoms with Gasteiger partial charge in [0.1, 0.15) is 5.03 Å². The van der Waals surface area contributed by atoms with Crippen molar-refractivity contribution in [2.24, 2.45) is 0 Å². The molecule has 3 rings (SSSR count). The van der Waals surface area contributed by atoms with Crippen molar-refractivity contribution in [3.05, 3.63) is 75.8 Å². The molecule has 0 atom stereocenters. The second kappa shape index (κ2) is 8.62. The van der Waals surface area contributed by atoms with Gasteiger partial charge in [-0.2, -0.15) is 0 Å². The first kappa shape index (κ1) is 19.5. The number of nitrogens with one attached hydrogen (secondary N) is 1. The van der Waals surface area contributed by atoms with Crippen LogP contribution in [0.4, 0.5) is 11.4 Å². The van der Waals surface area contributed by atoms with E-state index < -0.39 is 4.92 Å². The molecule has 1 amide bonds. The zero-order valence-corrected chi connectivity index (χ0v) is 16.2. The van der Waals surface area contributed by atoms with E-state index in [-0.39, 0.29) is 17.3 Å². The van der Waals surface area contributed by atoms with Gasteiger partial charge in [0.15, 0.2) is 0 Å². The number of carbonyl (C=O) groups excluding carboxylic acids is 1. The normalized spacial score (nSPS) is 10.5. The van der Waals surface area contributed by atoms with Crippen LogP contribution in [-0.4, -0.2) is 26.8 Å². The van der Waals surface area contributed by atoms with Crippen LogP contribution in [0.5, 0.6) is 0 Å². The Kier molecular flexibility index (Phi) is 6.00. The van der Waals surface area contributed by atoms with Crippen molar-refractivity contribution in [2.45, 2.75) is 18.9 Å². The minimum absolute atomic E-state index is 0.000801. The summed E-state index contributed by atoms with van der Waals surface area (Å²) in [7, 11) is 0.